The summed E-state index contributed by atoms with van der Waals surface area (Å²) in [6.07, 6.45) is 4.62. The third-order valence-corrected chi connectivity index (χ3v) is 2.94. The molecular formula is C15H21ClO3. The van der Waals surface area contributed by atoms with Gasteiger partial charge in [-0.1, -0.05) is 26.2 Å². The molecule has 106 valence electrons. The van der Waals surface area contributed by atoms with Crippen LogP contribution in [0, 0.1) is 0 Å². The lowest BCUT2D eigenvalue weighted by Gasteiger charge is -2.12. The molecule has 0 saturated heterocycles. The molecule has 0 spiro atoms. The number of ether oxygens (including phenoxy) is 2. The number of carbonyl (C=O) groups excluding carboxylic acids is 1. The van der Waals surface area contributed by atoms with Crippen LogP contribution in [0.4, 0.5) is 0 Å². The zero-order valence-corrected chi connectivity index (χ0v) is 12.3. The van der Waals surface area contributed by atoms with Crippen molar-refractivity contribution in [3.63, 3.8) is 0 Å². The van der Waals surface area contributed by atoms with Crippen LogP contribution in [0.5, 0.6) is 11.5 Å². The standard InChI is InChI=1S/C15H21ClO3/c1-3-5-6-7-10-19-13-9-8-12(15(16)17)11-14(13)18-4-2/h8-9,11H,3-7,10H2,1-2H3. The molecule has 3 nitrogen and oxygen atoms in total. The Morgan fingerprint density at radius 1 is 1.11 bits per heavy atom. The Morgan fingerprint density at radius 3 is 2.53 bits per heavy atom. The smallest absolute Gasteiger partial charge is 0.252 e. The highest BCUT2D eigenvalue weighted by atomic mass is 35.5. The monoisotopic (exact) mass is 284 g/mol. The van der Waals surface area contributed by atoms with Gasteiger partial charge in [0.05, 0.1) is 13.2 Å². The minimum atomic E-state index is -0.490. The molecule has 0 radical (unpaired) electrons. The van der Waals surface area contributed by atoms with Crippen molar-refractivity contribution in [2.45, 2.75) is 39.5 Å². The van der Waals surface area contributed by atoms with Crippen molar-refractivity contribution >= 4 is 16.8 Å². The molecule has 19 heavy (non-hydrogen) atoms. The van der Waals surface area contributed by atoms with Crippen LogP contribution in [0.25, 0.3) is 0 Å². The number of rotatable bonds is 9. The summed E-state index contributed by atoms with van der Waals surface area (Å²) in [6.45, 7) is 5.25. The van der Waals surface area contributed by atoms with Crippen LogP contribution >= 0.6 is 11.6 Å². The quantitative estimate of drug-likeness (QED) is 0.497. The van der Waals surface area contributed by atoms with Crippen molar-refractivity contribution in [3.8, 4) is 11.5 Å². The Labute approximate surface area is 119 Å². The van der Waals surface area contributed by atoms with Gasteiger partial charge in [-0.05, 0) is 43.1 Å². The predicted molar refractivity (Wildman–Crippen MR) is 77.4 cm³/mol. The lowest BCUT2D eigenvalue weighted by Crippen LogP contribution is -2.02. The van der Waals surface area contributed by atoms with Crippen LogP contribution < -0.4 is 9.47 Å². The highest BCUT2D eigenvalue weighted by Crippen LogP contribution is 2.29. The second-order valence-corrected chi connectivity index (χ2v) is 4.62. The lowest BCUT2D eigenvalue weighted by atomic mass is 10.2. The topological polar surface area (TPSA) is 35.5 Å². The highest BCUT2D eigenvalue weighted by molar-refractivity contribution is 6.67. The van der Waals surface area contributed by atoms with Gasteiger partial charge in [0, 0.05) is 5.56 Å². The molecule has 0 aliphatic rings. The Hall–Kier alpha value is -1.22. The first-order chi connectivity index (χ1) is 9.19. The van der Waals surface area contributed by atoms with Crippen molar-refractivity contribution < 1.29 is 14.3 Å². The van der Waals surface area contributed by atoms with Crippen molar-refractivity contribution in [1.82, 2.24) is 0 Å². The van der Waals surface area contributed by atoms with Crippen molar-refractivity contribution in [1.29, 1.82) is 0 Å². The van der Waals surface area contributed by atoms with E-state index < -0.39 is 5.24 Å². The van der Waals surface area contributed by atoms with Crippen LogP contribution in [0.1, 0.15) is 49.9 Å². The van der Waals surface area contributed by atoms with Gasteiger partial charge in [0.15, 0.2) is 11.5 Å². The second-order valence-electron chi connectivity index (χ2n) is 4.28. The predicted octanol–water partition coefficient (Wildman–Crippen LogP) is 4.42. The van der Waals surface area contributed by atoms with Crippen LogP contribution in [-0.2, 0) is 0 Å². The van der Waals surface area contributed by atoms with Gasteiger partial charge in [0.25, 0.3) is 5.24 Å². The van der Waals surface area contributed by atoms with Gasteiger partial charge < -0.3 is 9.47 Å². The van der Waals surface area contributed by atoms with Crippen molar-refractivity contribution in [2.75, 3.05) is 13.2 Å². The average molecular weight is 285 g/mol. The molecule has 0 fully saturated rings. The number of unbranched alkanes of at least 4 members (excludes halogenated alkanes) is 3. The summed E-state index contributed by atoms with van der Waals surface area (Å²) in [4.78, 5) is 11.1. The highest BCUT2D eigenvalue weighted by Gasteiger charge is 2.09. The van der Waals surface area contributed by atoms with Gasteiger partial charge in [0.2, 0.25) is 0 Å². The van der Waals surface area contributed by atoms with E-state index in [1.54, 1.807) is 18.2 Å². The molecule has 1 rings (SSSR count). The number of carbonyl (C=O) groups is 1. The van der Waals surface area contributed by atoms with E-state index in [1.807, 2.05) is 6.92 Å². The Balaban J connectivity index is 2.62. The first-order valence-corrected chi connectivity index (χ1v) is 7.16. The van der Waals surface area contributed by atoms with Crippen LogP contribution in [0.3, 0.4) is 0 Å². The summed E-state index contributed by atoms with van der Waals surface area (Å²) in [5.74, 6) is 1.24. The number of benzene rings is 1. The van der Waals surface area contributed by atoms with Crippen LogP contribution in [-0.4, -0.2) is 18.5 Å². The van der Waals surface area contributed by atoms with Gasteiger partial charge in [-0.3, -0.25) is 4.79 Å². The fraction of sp³-hybridized carbons (Fsp3) is 0.533. The molecule has 0 bridgehead atoms. The summed E-state index contributed by atoms with van der Waals surface area (Å²) in [6, 6.07) is 5.01. The molecule has 1 aromatic carbocycles. The normalized spacial score (nSPS) is 10.3. The molecule has 1 aromatic rings. The maximum Gasteiger partial charge on any atom is 0.252 e. The first-order valence-electron chi connectivity index (χ1n) is 6.78. The fourth-order valence-corrected chi connectivity index (χ4v) is 1.85. The van der Waals surface area contributed by atoms with Crippen LogP contribution in [0.2, 0.25) is 0 Å². The van der Waals surface area contributed by atoms with E-state index in [4.69, 9.17) is 21.1 Å². The van der Waals surface area contributed by atoms with E-state index in [9.17, 15) is 4.79 Å². The zero-order chi connectivity index (χ0) is 14.1. The molecule has 0 atom stereocenters. The number of halogens is 1. The molecule has 0 N–H and O–H groups in total. The van der Waals surface area contributed by atoms with Gasteiger partial charge in [-0.2, -0.15) is 0 Å². The Bertz CT molecular complexity index is 404. The minimum absolute atomic E-state index is 0.420. The summed E-state index contributed by atoms with van der Waals surface area (Å²) in [7, 11) is 0. The first kappa shape index (κ1) is 15.8. The third-order valence-electron chi connectivity index (χ3n) is 2.73. The molecule has 0 amide bonds. The summed E-state index contributed by atoms with van der Waals surface area (Å²) in [5.41, 5.74) is 0.420. The third kappa shape index (κ3) is 5.52. The van der Waals surface area contributed by atoms with Gasteiger partial charge in [-0.25, -0.2) is 0 Å². The van der Waals surface area contributed by atoms with Gasteiger partial charge >= 0.3 is 0 Å². The minimum Gasteiger partial charge on any atom is -0.490 e. The number of hydrogen-bond donors (Lipinski definition) is 0. The van der Waals surface area contributed by atoms with E-state index in [0.717, 1.165) is 6.42 Å². The second kappa shape index (κ2) is 8.81. The van der Waals surface area contributed by atoms with E-state index in [0.29, 0.717) is 30.3 Å². The van der Waals surface area contributed by atoms with E-state index >= 15 is 0 Å². The van der Waals surface area contributed by atoms with E-state index in [1.165, 1.54) is 19.3 Å². The van der Waals surface area contributed by atoms with Crippen molar-refractivity contribution in [2.24, 2.45) is 0 Å². The largest absolute Gasteiger partial charge is 0.490 e. The zero-order valence-electron chi connectivity index (χ0n) is 11.6. The molecule has 0 aliphatic carbocycles. The molecule has 0 heterocycles. The number of hydrogen-bond acceptors (Lipinski definition) is 3. The van der Waals surface area contributed by atoms with Gasteiger partial charge in [0.1, 0.15) is 0 Å². The van der Waals surface area contributed by atoms with Crippen LogP contribution in [0.15, 0.2) is 18.2 Å². The molecular weight excluding hydrogens is 264 g/mol. The van der Waals surface area contributed by atoms with Gasteiger partial charge in [-0.15, -0.1) is 0 Å². The van der Waals surface area contributed by atoms with E-state index in [2.05, 4.69) is 6.92 Å². The molecule has 0 unspecified atom stereocenters. The Kier molecular flexibility index (Phi) is 7.34. The average Bonchev–Trinajstić information content (AvgIpc) is 2.40. The maximum absolute atomic E-state index is 11.1. The Morgan fingerprint density at radius 2 is 1.89 bits per heavy atom. The molecule has 0 aromatic heterocycles. The fourth-order valence-electron chi connectivity index (χ4n) is 1.73. The van der Waals surface area contributed by atoms with Crippen molar-refractivity contribution in [3.05, 3.63) is 23.8 Å². The van der Waals surface area contributed by atoms with E-state index in [-0.39, 0.29) is 0 Å². The lowest BCUT2D eigenvalue weighted by molar-refractivity contribution is 0.108. The summed E-state index contributed by atoms with van der Waals surface area (Å²) < 4.78 is 11.2. The molecule has 4 heteroatoms. The summed E-state index contributed by atoms with van der Waals surface area (Å²) >= 11 is 5.45. The SMILES string of the molecule is CCCCCCOc1ccc(C(=O)Cl)cc1OCC. The molecule has 0 saturated carbocycles. The maximum atomic E-state index is 11.1. The molecule has 0 aliphatic heterocycles. The summed E-state index contributed by atoms with van der Waals surface area (Å²) in [5, 5.41) is -0.490.